The molecule has 0 saturated carbocycles. The zero-order chi connectivity index (χ0) is 10.8. The van der Waals surface area contributed by atoms with Crippen molar-refractivity contribution in [2.45, 2.75) is 0 Å². The fourth-order valence-electron chi connectivity index (χ4n) is 1.27. The van der Waals surface area contributed by atoms with Gasteiger partial charge in [0.15, 0.2) is 6.29 Å². The van der Waals surface area contributed by atoms with E-state index >= 15 is 0 Å². The number of ketones is 2. The van der Waals surface area contributed by atoms with Gasteiger partial charge in [0, 0.05) is 5.56 Å². The van der Waals surface area contributed by atoms with Crippen LogP contribution in [0.25, 0.3) is 11.0 Å². The minimum absolute atomic E-state index is 0.0110. The fourth-order valence-corrected chi connectivity index (χ4v) is 1.27. The van der Waals surface area contributed by atoms with E-state index in [-0.39, 0.29) is 11.8 Å². The summed E-state index contributed by atoms with van der Waals surface area (Å²) >= 11 is 0. The number of nitrogens with one attached hydrogen (secondary N) is 1. The fraction of sp³-hybridized carbons (Fsp3) is 0. The number of aldehydes is 1. The molecular weight excluding hydrogens is 196 g/mol. The highest BCUT2D eigenvalue weighted by molar-refractivity contribution is 6.61. The molecule has 0 fully saturated rings. The predicted octanol–water partition coefficient (Wildman–Crippen LogP) is 0.514. The van der Waals surface area contributed by atoms with Crippen LogP contribution in [-0.4, -0.2) is 27.8 Å². The van der Waals surface area contributed by atoms with Crippen molar-refractivity contribution in [3.8, 4) is 0 Å². The van der Waals surface area contributed by atoms with Gasteiger partial charge < -0.3 is 4.98 Å². The molecule has 2 rings (SSSR count). The van der Waals surface area contributed by atoms with E-state index in [0.29, 0.717) is 5.52 Å². The maximum Gasteiger partial charge on any atom is 0.265 e. The van der Waals surface area contributed by atoms with Crippen LogP contribution in [-0.2, 0) is 9.59 Å². The summed E-state index contributed by atoms with van der Waals surface area (Å²) in [5, 5.41) is 0. The molecular formula is C10H6N2O3. The molecule has 1 aromatic carbocycles. The largest absolute Gasteiger partial charge is 0.345 e. The number of fused-ring (bicyclic) bond motifs is 1. The second-order valence-corrected chi connectivity index (χ2v) is 2.95. The van der Waals surface area contributed by atoms with Crippen molar-refractivity contribution in [3.05, 3.63) is 30.1 Å². The van der Waals surface area contributed by atoms with Crippen LogP contribution in [0.1, 0.15) is 10.4 Å². The molecule has 1 N–H and O–H groups in total. The third-order valence-electron chi connectivity index (χ3n) is 2.01. The first-order chi connectivity index (χ1) is 7.22. The molecule has 0 aliphatic heterocycles. The van der Waals surface area contributed by atoms with E-state index in [1.165, 1.54) is 18.5 Å². The standard InChI is InChI=1S/C10H6N2O3/c13-4-9(14)10(15)6-1-2-7-8(3-6)12-5-11-7/h1-5H,(H,11,12). The van der Waals surface area contributed by atoms with Gasteiger partial charge >= 0.3 is 0 Å². The van der Waals surface area contributed by atoms with Crippen molar-refractivity contribution in [3.63, 3.8) is 0 Å². The van der Waals surface area contributed by atoms with Gasteiger partial charge in [-0.05, 0) is 18.2 Å². The molecule has 1 aromatic heterocycles. The van der Waals surface area contributed by atoms with Crippen molar-refractivity contribution in [2.75, 3.05) is 0 Å². The summed E-state index contributed by atoms with van der Waals surface area (Å²) in [4.78, 5) is 39.1. The molecule has 0 saturated heterocycles. The van der Waals surface area contributed by atoms with Crippen LogP contribution >= 0.6 is 0 Å². The summed E-state index contributed by atoms with van der Waals surface area (Å²) in [7, 11) is 0. The minimum Gasteiger partial charge on any atom is -0.345 e. The number of carbonyl (C=O) groups excluding carboxylic acids is 3. The molecule has 74 valence electrons. The number of hydrogen-bond donors (Lipinski definition) is 1. The Balaban J connectivity index is 2.48. The van der Waals surface area contributed by atoms with Gasteiger partial charge in [-0.1, -0.05) is 0 Å². The quantitative estimate of drug-likeness (QED) is 0.340. The van der Waals surface area contributed by atoms with Crippen molar-refractivity contribution in [1.29, 1.82) is 0 Å². The van der Waals surface area contributed by atoms with Crippen molar-refractivity contribution >= 4 is 28.9 Å². The molecule has 0 unspecified atom stereocenters. The minimum atomic E-state index is -1.05. The second-order valence-electron chi connectivity index (χ2n) is 2.95. The first kappa shape index (κ1) is 9.26. The Morgan fingerprint density at radius 2 is 2.13 bits per heavy atom. The van der Waals surface area contributed by atoms with Gasteiger partial charge in [-0.25, -0.2) is 4.98 Å². The summed E-state index contributed by atoms with van der Waals surface area (Å²) in [6.45, 7) is 0. The summed E-state index contributed by atoms with van der Waals surface area (Å²) < 4.78 is 0. The van der Waals surface area contributed by atoms with Crippen LogP contribution in [0.3, 0.4) is 0 Å². The van der Waals surface area contributed by atoms with Gasteiger partial charge in [-0.2, -0.15) is 0 Å². The van der Waals surface area contributed by atoms with Gasteiger partial charge in [0.25, 0.3) is 5.78 Å². The zero-order valence-corrected chi connectivity index (χ0v) is 7.56. The van der Waals surface area contributed by atoms with Crippen LogP contribution in [0, 0.1) is 0 Å². The average Bonchev–Trinajstić information content (AvgIpc) is 2.73. The number of rotatable bonds is 3. The number of H-pyrrole nitrogens is 1. The van der Waals surface area contributed by atoms with Crippen LogP contribution < -0.4 is 0 Å². The number of aromatic nitrogens is 2. The third-order valence-corrected chi connectivity index (χ3v) is 2.01. The van der Waals surface area contributed by atoms with Crippen molar-refractivity contribution in [1.82, 2.24) is 9.97 Å². The molecule has 15 heavy (non-hydrogen) atoms. The number of imidazole rings is 1. The molecule has 0 spiro atoms. The lowest BCUT2D eigenvalue weighted by atomic mass is 10.1. The molecule has 5 nitrogen and oxygen atoms in total. The third kappa shape index (κ3) is 1.54. The van der Waals surface area contributed by atoms with Crippen LogP contribution in [0.15, 0.2) is 24.5 Å². The van der Waals surface area contributed by atoms with E-state index in [0.717, 1.165) is 5.52 Å². The Bertz CT molecular complexity index is 557. The topological polar surface area (TPSA) is 79.9 Å². The van der Waals surface area contributed by atoms with E-state index in [1.807, 2.05) is 0 Å². The van der Waals surface area contributed by atoms with Gasteiger partial charge in [0.2, 0.25) is 5.78 Å². The summed E-state index contributed by atoms with van der Waals surface area (Å²) in [5.74, 6) is -1.86. The van der Waals surface area contributed by atoms with Crippen molar-refractivity contribution in [2.24, 2.45) is 0 Å². The molecule has 0 amide bonds. The van der Waals surface area contributed by atoms with E-state index in [4.69, 9.17) is 0 Å². The van der Waals surface area contributed by atoms with E-state index in [2.05, 4.69) is 9.97 Å². The van der Waals surface area contributed by atoms with Gasteiger partial charge in [-0.15, -0.1) is 0 Å². The lowest BCUT2D eigenvalue weighted by molar-refractivity contribution is -0.126. The lowest BCUT2D eigenvalue weighted by Crippen LogP contribution is -2.14. The molecule has 2 aromatic rings. The lowest BCUT2D eigenvalue weighted by Gasteiger charge is -1.95. The van der Waals surface area contributed by atoms with Crippen LogP contribution in [0.5, 0.6) is 0 Å². The second kappa shape index (κ2) is 3.45. The number of carbonyl (C=O) groups is 3. The van der Waals surface area contributed by atoms with Gasteiger partial charge in [0.05, 0.1) is 17.4 Å². The number of benzene rings is 1. The molecule has 0 aliphatic carbocycles. The Hall–Kier alpha value is -2.30. The summed E-state index contributed by atoms with van der Waals surface area (Å²) in [6.07, 6.45) is 1.50. The zero-order valence-electron chi connectivity index (χ0n) is 7.56. The van der Waals surface area contributed by atoms with E-state index < -0.39 is 11.6 Å². The summed E-state index contributed by atoms with van der Waals surface area (Å²) in [5.41, 5.74) is 1.52. The predicted molar refractivity (Wildman–Crippen MR) is 51.5 cm³/mol. The maximum absolute atomic E-state index is 11.3. The smallest absolute Gasteiger partial charge is 0.265 e. The van der Waals surface area contributed by atoms with E-state index in [1.54, 1.807) is 6.07 Å². The first-order valence-electron chi connectivity index (χ1n) is 4.19. The highest BCUT2D eigenvalue weighted by atomic mass is 16.2. The van der Waals surface area contributed by atoms with Crippen LogP contribution in [0.4, 0.5) is 0 Å². The molecule has 0 bridgehead atoms. The first-order valence-corrected chi connectivity index (χ1v) is 4.19. The molecule has 0 atom stereocenters. The highest BCUT2D eigenvalue weighted by Gasteiger charge is 2.15. The number of aromatic amines is 1. The Morgan fingerprint density at radius 1 is 1.33 bits per heavy atom. The molecule has 0 aliphatic rings. The van der Waals surface area contributed by atoms with Gasteiger partial charge in [0.1, 0.15) is 0 Å². The molecule has 1 heterocycles. The van der Waals surface area contributed by atoms with Crippen LogP contribution in [0.2, 0.25) is 0 Å². The number of hydrogen-bond acceptors (Lipinski definition) is 4. The SMILES string of the molecule is O=CC(=O)C(=O)c1ccc2[nH]cnc2c1. The number of Topliss-reactive ketones (excluding diaryl/α,β-unsaturated/α-hetero) is 2. The molecule has 0 radical (unpaired) electrons. The highest BCUT2D eigenvalue weighted by Crippen LogP contribution is 2.11. The summed E-state index contributed by atoms with van der Waals surface area (Å²) in [6, 6.07) is 4.58. The monoisotopic (exact) mass is 202 g/mol. The Morgan fingerprint density at radius 3 is 2.87 bits per heavy atom. The Kier molecular flexibility index (Phi) is 2.13. The molecule has 5 heteroatoms. The number of nitrogens with zero attached hydrogens (tertiary/aromatic N) is 1. The van der Waals surface area contributed by atoms with Crippen molar-refractivity contribution < 1.29 is 14.4 Å². The van der Waals surface area contributed by atoms with E-state index in [9.17, 15) is 14.4 Å². The maximum atomic E-state index is 11.3. The average molecular weight is 202 g/mol. The Labute approximate surface area is 84.1 Å². The normalized spacial score (nSPS) is 10.1. The van der Waals surface area contributed by atoms with Gasteiger partial charge in [-0.3, -0.25) is 14.4 Å².